The number of ether oxygens (including phenoxy) is 7. The third-order valence-corrected chi connectivity index (χ3v) is 24.3. The van der Waals surface area contributed by atoms with Crippen molar-refractivity contribution in [1.29, 1.82) is 0 Å². The Labute approximate surface area is 782 Å². The van der Waals surface area contributed by atoms with Crippen molar-refractivity contribution < 1.29 is 127 Å². The molecule has 8 aromatic carbocycles. The van der Waals surface area contributed by atoms with Gasteiger partial charge in [-0.1, -0.05) is 104 Å². The van der Waals surface area contributed by atoms with Gasteiger partial charge in [-0.3, -0.25) is 53.3 Å². The van der Waals surface area contributed by atoms with Gasteiger partial charge in [-0.15, -0.1) is 0 Å². The van der Waals surface area contributed by atoms with E-state index in [1.54, 1.807) is 82.5 Å². The van der Waals surface area contributed by atoms with E-state index in [0.29, 0.717) is 24.1 Å². The smallest absolute Gasteiger partial charge is 0.323 e. The summed E-state index contributed by atoms with van der Waals surface area (Å²) >= 11 is 14.5. The van der Waals surface area contributed by atoms with Gasteiger partial charge < -0.3 is 143 Å². The molecule has 2 saturated heterocycles. The third kappa shape index (κ3) is 22.9. The Morgan fingerprint density at radius 2 is 1.36 bits per heavy atom. The highest BCUT2D eigenvalue weighted by Gasteiger charge is 2.53. The van der Waals surface area contributed by atoms with E-state index in [0.717, 1.165) is 66.2 Å². The number of hydrogen-bond acceptors (Lipinski definition) is 30. The Bertz CT molecular complexity index is 5820. The number of fused-ring (bicyclic) bond motifs is 15. The molecule has 21 N–H and O–H groups in total. The molecule has 8 aromatic rings. The standard InChI is InChI=1S/C93H105Cl2N13O27/c1-42(2)28-58(97-6)85(120)105-73-76(114)48-20-24-62(56(94)31-48)131-64-33-50-34-65(81(64)135-92-82(79(117)78(116)66(40-109)133-92)134-68-38-93(5,83(118)44(4)130-68)99-39-46-16-12-17-51(29-46)100-84(119)53-22-18-43(3)80(75(53)108(127)128)129-41-45-14-10-9-11-15-45)132-63-25-21-49(32-57(63)95)77(115)74-91(126)104-72(87(122)98-26-13-27-107(7)8)55-35-52(110)36-61(112)69(55)54-30-47(19-23-60(54)111)70(88(123)106-74)103-89(124)71(50)102-86(121)59(37-67(96)113)101-90(73)125/h9-12,14-25,29-36,42,44,58-59,66,68,70-74,76-79,82-83,92,97,99,109-112,114-118H,13,26-28,37-41H2,1-8H3,(H2,96,113)(H,98,122)(H,100,119)(H,101,125)(H,102,121)(H,103,124)(H,104,126)(H,105,120)(H,106,123)/t44?,58?,59-,66?,68+,70+,71+,72+,73?,74-,76+,77?,78-,79?,82+,83-,92?,93?/m0/s1. The van der Waals surface area contributed by atoms with Crippen LogP contribution >= 0.6 is 23.2 Å². The Morgan fingerprint density at radius 3 is 2.00 bits per heavy atom. The number of nitrogens with one attached hydrogen (secondary N) is 10. The summed E-state index contributed by atoms with van der Waals surface area (Å²) in [5.41, 5.74) is 2.97. The number of benzene rings is 8. The summed E-state index contributed by atoms with van der Waals surface area (Å²) in [6, 6.07) is 18.2. The molecule has 0 aliphatic carbocycles. The highest BCUT2D eigenvalue weighted by atomic mass is 35.5. The number of anilines is 1. The average molecular weight is 1910 g/mol. The van der Waals surface area contributed by atoms with Gasteiger partial charge >= 0.3 is 5.69 Å². The van der Waals surface area contributed by atoms with Gasteiger partial charge in [-0.2, -0.15) is 0 Å². The van der Waals surface area contributed by atoms with E-state index in [1.165, 1.54) is 44.3 Å². The normalized spacial score (nSPS) is 24.9. The maximum atomic E-state index is 16.4. The summed E-state index contributed by atoms with van der Waals surface area (Å²) < 4.78 is 45.8. The number of aromatic hydroxyl groups is 3. The van der Waals surface area contributed by atoms with Gasteiger partial charge in [0.25, 0.3) is 5.91 Å². The number of nitro groups is 1. The number of primary amides is 1. The number of amides is 9. The van der Waals surface area contributed by atoms with Crippen LogP contribution in [0.4, 0.5) is 11.4 Å². The van der Waals surface area contributed by atoms with Gasteiger partial charge in [0.15, 0.2) is 23.9 Å². The molecule has 9 amide bonds. The Balaban J connectivity index is 0.931. The monoisotopic (exact) mass is 1910 g/mol. The molecule has 2 fully saturated rings. The Kier molecular flexibility index (Phi) is 31.5. The van der Waals surface area contributed by atoms with E-state index in [4.69, 9.17) is 62.1 Å². The van der Waals surface area contributed by atoms with E-state index in [2.05, 4.69) is 53.2 Å². The molecule has 40 nitrogen and oxygen atoms in total. The molecular formula is C93H105Cl2N13O27. The summed E-state index contributed by atoms with van der Waals surface area (Å²) in [7, 11) is 5.05. The van der Waals surface area contributed by atoms with Gasteiger partial charge in [0.05, 0.1) is 46.2 Å². The number of aliphatic hydroxyl groups excluding tert-OH is 6. The first-order chi connectivity index (χ1) is 64.2. The lowest BCUT2D eigenvalue weighted by molar-refractivity contribution is -0.386. The van der Waals surface area contributed by atoms with Crippen molar-refractivity contribution in [3.63, 3.8) is 0 Å². The summed E-state index contributed by atoms with van der Waals surface area (Å²) in [6.45, 7) is 7.72. The molecule has 7 aliphatic rings. The number of nitrogens with zero attached hydrogens (tertiary/aromatic N) is 2. The summed E-state index contributed by atoms with van der Waals surface area (Å²) in [5, 5.41) is 147. The number of phenols is 3. The first-order valence-corrected chi connectivity index (χ1v) is 43.9. The first kappa shape index (κ1) is 99.6. The molecule has 8 unspecified atom stereocenters. The number of phenolic OH excluding ortho intramolecular Hbond substituents is 3. The molecule has 0 spiro atoms. The third-order valence-electron chi connectivity index (χ3n) is 23.7. The number of likely N-dealkylation sites (N-methyl/N-ethyl adjacent to an activating group) is 1. The fraction of sp³-hybridized carbons (Fsp3) is 0.387. The Morgan fingerprint density at radius 1 is 0.704 bits per heavy atom. The molecule has 11 bridgehead atoms. The molecular weight excluding hydrogens is 1800 g/mol. The van der Waals surface area contributed by atoms with Gasteiger partial charge in [0, 0.05) is 47.9 Å². The van der Waals surface area contributed by atoms with Crippen LogP contribution in [0.1, 0.15) is 139 Å². The molecule has 18 atom stereocenters. The number of nitrogens with two attached hydrogens (primary N) is 1. The van der Waals surface area contributed by atoms with Crippen molar-refractivity contribution in [2.75, 3.05) is 46.2 Å². The molecule has 135 heavy (non-hydrogen) atoms. The van der Waals surface area contributed by atoms with E-state index in [-0.39, 0.29) is 83.5 Å². The number of carbonyl (C=O) groups is 9. The predicted octanol–water partition coefficient (Wildman–Crippen LogP) is 4.97. The van der Waals surface area contributed by atoms with Crippen molar-refractivity contribution in [2.45, 2.75) is 183 Å². The van der Waals surface area contributed by atoms with Gasteiger partial charge in [0.2, 0.25) is 65.0 Å². The lowest BCUT2D eigenvalue weighted by Gasteiger charge is -2.48. The molecule has 7 aliphatic heterocycles. The maximum absolute atomic E-state index is 16.4. The van der Waals surface area contributed by atoms with Crippen molar-refractivity contribution in [3.8, 4) is 62.9 Å². The molecule has 15 rings (SSSR count). The fourth-order valence-electron chi connectivity index (χ4n) is 16.6. The zero-order valence-corrected chi connectivity index (χ0v) is 75.7. The number of hydrogen-bond donors (Lipinski definition) is 20. The minimum Gasteiger partial charge on any atom is -0.508 e. The minimum atomic E-state index is -2.39. The highest BCUT2D eigenvalue weighted by molar-refractivity contribution is 6.32. The van der Waals surface area contributed by atoms with Crippen LogP contribution in [0.15, 0.2) is 146 Å². The van der Waals surface area contributed by atoms with E-state index >= 15 is 24.0 Å². The SMILES string of the molecule is CNC(CC(C)C)C(=O)NC1C(=O)N[C@@H](CC(N)=O)C(=O)N[C@H]2C(=O)N[C@H]3C(=O)N[C@H](C(=O)N[C@@H](C(=O)NCCCN(C)C)c4cc(O)cc(O)c4-c4cc3ccc4O)C(O)c3ccc(c(Cl)c3)Oc3cc2cc(c3OC2OC(CO)[C@H](O)C(O)[C@H]2O[C@@H]2CC(C)(NCc3cccc(NC(=O)c4ccc(C)c(OCc5ccccc5)c4[N+](=O)[O-])c3)[C@@H](O)C(C)O2)Oc2ccc(cc2Cl)[C@H]1O. The van der Waals surface area contributed by atoms with Crippen LogP contribution in [0.2, 0.25) is 10.0 Å². The van der Waals surface area contributed by atoms with Crippen LogP contribution < -0.4 is 77.8 Å². The quantitative estimate of drug-likeness (QED) is 0.0193. The second-order valence-electron chi connectivity index (χ2n) is 34.4. The van der Waals surface area contributed by atoms with Crippen molar-refractivity contribution in [2.24, 2.45) is 11.7 Å². The summed E-state index contributed by atoms with van der Waals surface area (Å²) in [6.07, 6.45) is -19.3. The molecule has 0 aromatic heterocycles. The van der Waals surface area contributed by atoms with Crippen LogP contribution in [-0.2, 0) is 65.7 Å². The lowest BCUT2D eigenvalue weighted by Crippen LogP contribution is -2.65. The van der Waals surface area contributed by atoms with Crippen LogP contribution in [-0.4, -0.2) is 229 Å². The van der Waals surface area contributed by atoms with E-state index in [9.17, 15) is 75.3 Å². The number of aryl methyl sites for hydroxylation is 1. The highest BCUT2D eigenvalue weighted by Crippen LogP contribution is 2.51. The second kappa shape index (κ2) is 42.8. The maximum Gasteiger partial charge on any atom is 0.323 e. The second-order valence-corrected chi connectivity index (χ2v) is 35.2. The fourth-order valence-corrected chi connectivity index (χ4v) is 17.0. The van der Waals surface area contributed by atoms with Gasteiger partial charge in [-0.25, -0.2) is 0 Å². The predicted molar refractivity (Wildman–Crippen MR) is 483 cm³/mol. The number of halogens is 2. The van der Waals surface area contributed by atoms with Gasteiger partial charge in [-0.05, 0) is 185 Å². The molecule has 0 radical (unpaired) electrons. The van der Waals surface area contributed by atoms with Crippen LogP contribution in [0.5, 0.6) is 51.7 Å². The zero-order valence-electron chi connectivity index (χ0n) is 74.2. The summed E-state index contributed by atoms with van der Waals surface area (Å²) in [5.74, 6) is -16.0. The largest absolute Gasteiger partial charge is 0.508 e. The number of aliphatic hydroxyl groups is 6. The Hall–Kier alpha value is -12.9. The molecule has 42 heteroatoms. The summed E-state index contributed by atoms with van der Waals surface area (Å²) in [4.78, 5) is 149. The molecule has 718 valence electrons. The number of carbonyl (C=O) groups excluding carboxylic acids is 9. The molecule has 0 saturated carbocycles. The topological polar surface area (TPSA) is 593 Å². The van der Waals surface area contributed by atoms with Crippen LogP contribution in [0.3, 0.4) is 0 Å². The van der Waals surface area contributed by atoms with E-state index in [1.807, 2.05) is 18.7 Å². The lowest BCUT2D eigenvalue weighted by atomic mass is 9.84. The van der Waals surface area contributed by atoms with Crippen molar-refractivity contribution >= 4 is 87.7 Å². The van der Waals surface area contributed by atoms with Gasteiger partial charge in [0.1, 0.15) is 108 Å². The number of nitro benzene ring substituents is 1. The first-order valence-electron chi connectivity index (χ1n) is 43.2. The minimum absolute atomic E-state index is 0.0160. The average Bonchev–Trinajstić information content (AvgIpc) is 0.761. The van der Waals surface area contributed by atoms with Crippen molar-refractivity contribution in [3.05, 3.63) is 216 Å². The molecule has 7 heterocycles. The van der Waals surface area contributed by atoms with Crippen LogP contribution in [0.25, 0.3) is 11.1 Å². The zero-order chi connectivity index (χ0) is 97.5. The van der Waals surface area contributed by atoms with E-state index < -0.39 is 253 Å². The van der Waals surface area contributed by atoms with Crippen LogP contribution in [0, 0.1) is 23.0 Å². The number of rotatable bonds is 26. The van der Waals surface area contributed by atoms with Crippen molar-refractivity contribution in [1.82, 2.24) is 52.8 Å².